The van der Waals surface area contributed by atoms with Crippen molar-refractivity contribution in [3.05, 3.63) is 101 Å². The van der Waals surface area contributed by atoms with Crippen LogP contribution in [0.2, 0.25) is 0 Å². The SMILES string of the molecule is Fc1ccc(CCNC2CCc3c(ONCCc4cccc(F)c4)cccc32)cc1. The van der Waals surface area contributed by atoms with Crippen LogP contribution in [0.1, 0.15) is 34.7 Å². The van der Waals surface area contributed by atoms with E-state index < -0.39 is 0 Å². The van der Waals surface area contributed by atoms with E-state index >= 15 is 0 Å². The fourth-order valence-electron chi connectivity index (χ4n) is 3.99. The Kier molecular flexibility index (Phi) is 6.72. The van der Waals surface area contributed by atoms with Gasteiger partial charge in [0.1, 0.15) is 11.6 Å². The molecule has 0 aromatic heterocycles. The van der Waals surface area contributed by atoms with Gasteiger partial charge in [0.05, 0.1) is 0 Å². The summed E-state index contributed by atoms with van der Waals surface area (Å²) in [6.45, 7) is 1.44. The molecule has 0 amide bonds. The van der Waals surface area contributed by atoms with Crippen molar-refractivity contribution in [3.8, 4) is 5.75 Å². The Morgan fingerprint density at radius 1 is 0.833 bits per heavy atom. The van der Waals surface area contributed by atoms with Gasteiger partial charge in [0.15, 0.2) is 5.75 Å². The van der Waals surface area contributed by atoms with Gasteiger partial charge in [0.25, 0.3) is 0 Å². The normalized spacial score (nSPS) is 15.2. The van der Waals surface area contributed by atoms with Crippen LogP contribution in [0.15, 0.2) is 66.7 Å². The van der Waals surface area contributed by atoms with E-state index in [1.807, 2.05) is 30.3 Å². The van der Waals surface area contributed by atoms with Gasteiger partial charge >= 0.3 is 0 Å². The van der Waals surface area contributed by atoms with Gasteiger partial charge in [-0.1, -0.05) is 36.4 Å². The highest BCUT2D eigenvalue weighted by molar-refractivity contribution is 5.45. The Morgan fingerprint density at radius 3 is 2.47 bits per heavy atom. The fourth-order valence-corrected chi connectivity index (χ4v) is 3.99. The number of rotatable bonds is 9. The Morgan fingerprint density at radius 2 is 1.63 bits per heavy atom. The number of benzene rings is 3. The Balaban J connectivity index is 1.27. The van der Waals surface area contributed by atoms with Crippen LogP contribution < -0.4 is 15.6 Å². The molecule has 30 heavy (non-hydrogen) atoms. The number of hydrogen-bond acceptors (Lipinski definition) is 3. The molecule has 0 spiro atoms. The quantitative estimate of drug-likeness (QED) is 0.390. The molecule has 5 heteroatoms. The van der Waals surface area contributed by atoms with E-state index in [4.69, 9.17) is 4.84 Å². The van der Waals surface area contributed by atoms with Crippen LogP contribution in [0.3, 0.4) is 0 Å². The number of nitrogens with one attached hydrogen (secondary N) is 2. The predicted molar refractivity (Wildman–Crippen MR) is 114 cm³/mol. The summed E-state index contributed by atoms with van der Waals surface area (Å²) < 4.78 is 26.3. The molecule has 0 aliphatic heterocycles. The number of hydrogen-bond donors (Lipinski definition) is 2. The van der Waals surface area contributed by atoms with Crippen molar-refractivity contribution < 1.29 is 13.6 Å². The van der Waals surface area contributed by atoms with Gasteiger partial charge in [-0.15, -0.1) is 0 Å². The van der Waals surface area contributed by atoms with E-state index in [-0.39, 0.29) is 11.6 Å². The lowest BCUT2D eigenvalue weighted by Crippen LogP contribution is -2.23. The van der Waals surface area contributed by atoms with E-state index in [2.05, 4.69) is 16.9 Å². The second-order valence-corrected chi connectivity index (χ2v) is 7.62. The van der Waals surface area contributed by atoms with Crippen molar-refractivity contribution in [2.75, 3.05) is 13.1 Å². The van der Waals surface area contributed by atoms with Gasteiger partial charge in [0, 0.05) is 18.2 Å². The van der Waals surface area contributed by atoms with Crippen LogP contribution in [0.4, 0.5) is 8.78 Å². The molecular formula is C25H26F2N2O. The molecule has 156 valence electrons. The molecule has 1 unspecified atom stereocenters. The minimum Gasteiger partial charge on any atom is -0.408 e. The number of halogens is 2. The summed E-state index contributed by atoms with van der Waals surface area (Å²) in [6, 6.07) is 19.8. The van der Waals surface area contributed by atoms with E-state index in [1.165, 1.54) is 29.3 Å². The largest absolute Gasteiger partial charge is 0.408 e. The zero-order valence-corrected chi connectivity index (χ0v) is 16.8. The predicted octanol–water partition coefficient (Wildman–Crippen LogP) is 4.91. The summed E-state index contributed by atoms with van der Waals surface area (Å²) in [4.78, 5) is 5.83. The van der Waals surface area contributed by atoms with Gasteiger partial charge in [-0.25, -0.2) is 8.78 Å². The molecule has 1 aliphatic rings. The molecule has 1 aliphatic carbocycles. The lowest BCUT2D eigenvalue weighted by atomic mass is 10.1. The Labute approximate surface area is 176 Å². The van der Waals surface area contributed by atoms with Crippen LogP contribution in [-0.4, -0.2) is 13.1 Å². The number of hydroxylamine groups is 1. The molecule has 0 saturated heterocycles. The third-order valence-electron chi connectivity index (χ3n) is 5.53. The standard InChI is InChI=1S/C25H26F2N2O/c26-20-9-7-18(8-10-20)13-15-28-24-12-11-23-22(24)5-2-6-25(23)30-29-16-14-19-3-1-4-21(27)17-19/h1-10,17,24,28-29H,11-16H2. The molecule has 4 rings (SSSR count). The lowest BCUT2D eigenvalue weighted by Gasteiger charge is -2.15. The van der Waals surface area contributed by atoms with Crippen LogP contribution >= 0.6 is 0 Å². The first-order chi connectivity index (χ1) is 14.7. The van der Waals surface area contributed by atoms with Gasteiger partial charge in [-0.3, -0.25) is 0 Å². The average Bonchev–Trinajstić information content (AvgIpc) is 3.17. The third kappa shape index (κ3) is 5.23. The minimum absolute atomic E-state index is 0.200. The van der Waals surface area contributed by atoms with E-state index in [9.17, 15) is 8.78 Å². The molecule has 0 saturated carbocycles. The highest BCUT2D eigenvalue weighted by Gasteiger charge is 2.24. The first-order valence-electron chi connectivity index (χ1n) is 10.4. The fraction of sp³-hybridized carbons (Fsp3) is 0.280. The monoisotopic (exact) mass is 408 g/mol. The summed E-state index contributed by atoms with van der Waals surface area (Å²) in [5.41, 5.74) is 7.58. The highest BCUT2D eigenvalue weighted by atomic mass is 19.1. The summed E-state index contributed by atoms with van der Waals surface area (Å²) in [6.07, 6.45) is 3.55. The first-order valence-corrected chi connectivity index (χ1v) is 10.4. The van der Waals surface area contributed by atoms with Crippen LogP contribution in [0.5, 0.6) is 5.75 Å². The Bertz CT molecular complexity index is 975. The minimum atomic E-state index is -0.215. The van der Waals surface area contributed by atoms with Gasteiger partial charge in [-0.05, 0) is 79.3 Å². The lowest BCUT2D eigenvalue weighted by molar-refractivity contribution is 0.195. The zero-order valence-electron chi connectivity index (χ0n) is 16.8. The average molecular weight is 408 g/mol. The van der Waals surface area contributed by atoms with Crippen molar-refractivity contribution in [1.29, 1.82) is 0 Å². The molecule has 3 nitrogen and oxygen atoms in total. The highest BCUT2D eigenvalue weighted by Crippen LogP contribution is 2.36. The first kappa shape index (κ1) is 20.5. The molecule has 3 aromatic rings. The number of fused-ring (bicyclic) bond motifs is 1. The van der Waals surface area contributed by atoms with Gasteiger partial charge in [-0.2, -0.15) is 5.48 Å². The molecule has 2 N–H and O–H groups in total. The Hall–Kier alpha value is -2.76. The molecular weight excluding hydrogens is 382 g/mol. The maximum absolute atomic E-state index is 13.3. The van der Waals surface area contributed by atoms with E-state index in [1.54, 1.807) is 12.1 Å². The second-order valence-electron chi connectivity index (χ2n) is 7.62. The summed E-state index contributed by atoms with van der Waals surface area (Å²) >= 11 is 0. The van der Waals surface area contributed by atoms with Crippen molar-refractivity contribution in [1.82, 2.24) is 10.8 Å². The van der Waals surface area contributed by atoms with Crippen molar-refractivity contribution in [3.63, 3.8) is 0 Å². The van der Waals surface area contributed by atoms with Crippen molar-refractivity contribution in [2.24, 2.45) is 0 Å². The van der Waals surface area contributed by atoms with E-state index in [0.717, 1.165) is 42.7 Å². The molecule has 1 atom stereocenters. The zero-order chi connectivity index (χ0) is 20.8. The van der Waals surface area contributed by atoms with Crippen molar-refractivity contribution >= 4 is 0 Å². The van der Waals surface area contributed by atoms with Crippen LogP contribution in [0, 0.1) is 11.6 Å². The molecule has 0 fully saturated rings. The van der Waals surface area contributed by atoms with Crippen LogP contribution in [-0.2, 0) is 19.3 Å². The second kappa shape index (κ2) is 9.83. The van der Waals surface area contributed by atoms with E-state index in [0.29, 0.717) is 19.0 Å². The van der Waals surface area contributed by atoms with Crippen LogP contribution in [0.25, 0.3) is 0 Å². The maximum atomic E-state index is 13.3. The maximum Gasteiger partial charge on any atom is 0.150 e. The molecule has 3 aromatic carbocycles. The summed E-state index contributed by atoms with van der Waals surface area (Å²) in [5.74, 6) is 0.440. The molecule has 0 radical (unpaired) electrons. The smallest absolute Gasteiger partial charge is 0.150 e. The summed E-state index contributed by atoms with van der Waals surface area (Å²) in [5, 5.41) is 3.62. The summed E-state index contributed by atoms with van der Waals surface area (Å²) in [7, 11) is 0. The van der Waals surface area contributed by atoms with Gasteiger partial charge < -0.3 is 10.2 Å². The van der Waals surface area contributed by atoms with Gasteiger partial charge in [0.2, 0.25) is 0 Å². The molecule has 0 bridgehead atoms. The van der Waals surface area contributed by atoms with Crippen molar-refractivity contribution in [2.45, 2.75) is 31.7 Å². The third-order valence-corrected chi connectivity index (χ3v) is 5.53. The topological polar surface area (TPSA) is 33.3 Å². The molecule has 0 heterocycles.